The fraction of sp³-hybridized carbons (Fsp3) is 0.727. The van der Waals surface area contributed by atoms with Gasteiger partial charge in [0, 0.05) is 6.08 Å². The van der Waals surface area contributed by atoms with Gasteiger partial charge in [0.2, 0.25) is 0 Å². The van der Waals surface area contributed by atoms with Crippen LogP contribution in [0.1, 0.15) is 34.1 Å². The second-order valence-corrected chi connectivity index (χ2v) is 3.91. The third-order valence-electron chi connectivity index (χ3n) is 1.83. The number of hydrogen-bond acceptors (Lipinski definition) is 3. The molecule has 0 aliphatic carbocycles. The van der Waals surface area contributed by atoms with Crippen molar-refractivity contribution in [2.45, 2.75) is 45.8 Å². The van der Waals surface area contributed by atoms with Gasteiger partial charge in [0.1, 0.15) is 5.60 Å². The number of ether oxygens (including phenoxy) is 2. The molecule has 14 heavy (non-hydrogen) atoms. The Morgan fingerprint density at radius 3 is 2.57 bits per heavy atom. The molecule has 0 aromatic heterocycles. The zero-order valence-corrected chi connectivity index (χ0v) is 9.50. The number of rotatable bonds is 6. The Morgan fingerprint density at radius 1 is 1.57 bits per heavy atom. The summed E-state index contributed by atoms with van der Waals surface area (Å²) in [5.41, 5.74) is -0.589. The largest absolute Gasteiger partial charge is 0.454 e. The Hall–Kier alpha value is -0.830. The first-order valence-corrected chi connectivity index (χ1v) is 4.88. The second kappa shape index (κ2) is 5.81. The lowest BCUT2D eigenvalue weighted by Gasteiger charge is -2.25. The lowest BCUT2D eigenvalue weighted by molar-refractivity contribution is -0.157. The highest BCUT2D eigenvalue weighted by atomic mass is 16.6. The average Bonchev–Trinajstić information content (AvgIpc) is 2.13. The lowest BCUT2D eigenvalue weighted by atomic mass is 10.1. The molecule has 0 aromatic carbocycles. The first-order chi connectivity index (χ1) is 6.41. The van der Waals surface area contributed by atoms with Crippen LogP contribution in [0.3, 0.4) is 0 Å². The Kier molecular flexibility index (Phi) is 5.46. The lowest BCUT2D eigenvalue weighted by Crippen LogP contribution is -2.34. The van der Waals surface area contributed by atoms with Crippen LogP contribution in [0.15, 0.2) is 12.7 Å². The molecule has 0 radical (unpaired) electrons. The van der Waals surface area contributed by atoms with E-state index in [1.54, 1.807) is 0 Å². The summed E-state index contributed by atoms with van der Waals surface area (Å²) in [6.45, 7) is 11.4. The molecule has 0 fully saturated rings. The van der Waals surface area contributed by atoms with Crippen LogP contribution in [0, 0.1) is 0 Å². The van der Waals surface area contributed by atoms with Gasteiger partial charge in [-0.2, -0.15) is 0 Å². The molecule has 1 unspecified atom stereocenters. The van der Waals surface area contributed by atoms with Crippen LogP contribution >= 0.6 is 0 Å². The van der Waals surface area contributed by atoms with Crippen molar-refractivity contribution in [2.24, 2.45) is 0 Å². The summed E-state index contributed by atoms with van der Waals surface area (Å²) in [6, 6.07) is 0. The molecule has 0 rings (SSSR count). The Bertz CT molecular complexity index is 197. The molecule has 0 bridgehead atoms. The molecular formula is C11H20O3. The van der Waals surface area contributed by atoms with E-state index in [0.717, 1.165) is 12.5 Å². The first-order valence-electron chi connectivity index (χ1n) is 4.88. The van der Waals surface area contributed by atoms with Crippen LogP contribution in [0.2, 0.25) is 0 Å². The minimum atomic E-state index is -0.589. The summed E-state index contributed by atoms with van der Waals surface area (Å²) in [4.78, 5) is 10.9. The molecule has 1 atom stereocenters. The fourth-order valence-electron chi connectivity index (χ4n) is 0.804. The molecule has 3 nitrogen and oxygen atoms in total. The predicted octanol–water partition coefficient (Wildman–Crippen LogP) is 2.31. The molecular weight excluding hydrogens is 180 g/mol. The summed E-state index contributed by atoms with van der Waals surface area (Å²) in [5, 5.41) is 0. The van der Waals surface area contributed by atoms with Gasteiger partial charge in [0.15, 0.2) is 0 Å². The van der Waals surface area contributed by atoms with Crippen molar-refractivity contribution in [3.63, 3.8) is 0 Å². The molecule has 0 aliphatic rings. The maximum absolute atomic E-state index is 10.9. The van der Waals surface area contributed by atoms with Gasteiger partial charge < -0.3 is 9.47 Å². The molecule has 0 heterocycles. The first kappa shape index (κ1) is 13.2. The van der Waals surface area contributed by atoms with Crippen molar-refractivity contribution in [1.82, 2.24) is 0 Å². The number of carbonyl (C=O) groups is 1. The molecule has 0 aromatic rings. The zero-order chi connectivity index (χ0) is 11.2. The van der Waals surface area contributed by atoms with Crippen molar-refractivity contribution < 1.29 is 14.3 Å². The van der Waals surface area contributed by atoms with Crippen LogP contribution in [-0.4, -0.2) is 24.3 Å². The van der Waals surface area contributed by atoms with E-state index in [9.17, 15) is 4.79 Å². The highest BCUT2D eigenvalue weighted by molar-refractivity contribution is 5.81. The van der Waals surface area contributed by atoms with Gasteiger partial charge in [-0.05, 0) is 27.2 Å². The molecule has 0 saturated heterocycles. The monoisotopic (exact) mass is 200 g/mol. The maximum Gasteiger partial charge on any atom is 0.330 e. The van der Waals surface area contributed by atoms with Crippen molar-refractivity contribution in [2.75, 3.05) is 6.61 Å². The minimum Gasteiger partial charge on any atom is -0.454 e. The topological polar surface area (TPSA) is 35.5 Å². The number of carbonyl (C=O) groups excluding carboxylic acids is 1. The Labute approximate surface area is 86.1 Å². The van der Waals surface area contributed by atoms with Gasteiger partial charge in [0.05, 0.1) is 12.7 Å². The van der Waals surface area contributed by atoms with Gasteiger partial charge in [-0.25, -0.2) is 4.79 Å². The van der Waals surface area contributed by atoms with Crippen LogP contribution in [0.25, 0.3) is 0 Å². The van der Waals surface area contributed by atoms with Gasteiger partial charge in [-0.3, -0.25) is 0 Å². The van der Waals surface area contributed by atoms with Crippen LogP contribution in [-0.2, 0) is 14.3 Å². The van der Waals surface area contributed by atoms with E-state index in [-0.39, 0.29) is 6.10 Å². The van der Waals surface area contributed by atoms with Crippen LogP contribution in [0.5, 0.6) is 0 Å². The van der Waals surface area contributed by atoms with Crippen molar-refractivity contribution in [3.8, 4) is 0 Å². The molecule has 0 N–H and O–H groups in total. The molecule has 3 heteroatoms. The Morgan fingerprint density at radius 2 is 2.14 bits per heavy atom. The quantitative estimate of drug-likeness (QED) is 0.487. The molecule has 82 valence electrons. The summed E-state index contributed by atoms with van der Waals surface area (Å²) < 4.78 is 10.6. The summed E-state index contributed by atoms with van der Waals surface area (Å²) >= 11 is 0. The smallest absolute Gasteiger partial charge is 0.330 e. The van der Waals surface area contributed by atoms with Crippen LogP contribution < -0.4 is 0 Å². The SMILES string of the molecule is C=CC(=O)OC(C)(C)COC(C)CC. The van der Waals surface area contributed by atoms with E-state index in [1.807, 2.05) is 27.7 Å². The van der Waals surface area contributed by atoms with Gasteiger partial charge in [-0.15, -0.1) is 0 Å². The normalized spacial score (nSPS) is 13.4. The third kappa shape index (κ3) is 5.75. The summed E-state index contributed by atoms with van der Waals surface area (Å²) in [7, 11) is 0. The van der Waals surface area contributed by atoms with E-state index in [4.69, 9.17) is 9.47 Å². The molecule has 0 aliphatic heterocycles. The highest BCUT2D eigenvalue weighted by Crippen LogP contribution is 2.12. The van der Waals surface area contributed by atoms with Crippen LogP contribution in [0.4, 0.5) is 0 Å². The highest BCUT2D eigenvalue weighted by Gasteiger charge is 2.22. The van der Waals surface area contributed by atoms with E-state index in [2.05, 4.69) is 6.58 Å². The fourth-order valence-corrected chi connectivity index (χ4v) is 0.804. The van der Waals surface area contributed by atoms with Crippen molar-refractivity contribution in [1.29, 1.82) is 0 Å². The van der Waals surface area contributed by atoms with Crippen molar-refractivity contribution >= 4 is 5.97 Å². The van der Waals surface area contributed by atoms with Crippen molar-refractivity contribution in [3.05, 3.63) is 12.7 Å². The molecule has 0 amide bonds. The molecule has 0 saturated carbocycles. The van der Waals surface area contributed by atoms with Gasteiger partial charge >= 0.3 is 5.97 Å². The summed E-state index contributed by atoms with van der Waals surface area (Å²) in [6.07, 6.45) is 2.30. The minimum absolute atomic E-state index is 0.191. The zero-order valence-electron chi connectivity index (χ0n) is 9.50. The van der Waals surface area contributed by atoms with E-state index >= 15 is 0 Å². The average molecular weight is 200 g/mol. The van der Waals surface area contributed by atoms with E-state index < -0.39 is 11.6 Å². The standard InChI is InChI=1S/C11H20O3/c1-6-9(3)13-8-11(4,5)14-10(12)7-2/h7,9H,2,6,8H2,1,3-5H3. The third-order valence-corrected chi connectivity index (χ3v) is 1.83. The maximum atomic E-state index is 10.9. The van der Waals surface area contributed by atoms with Gasteiger partial charge in [-0.1, -0.05) is 13.5 Å². The predicted molar refractivity (Wildman–Crippen MR) is 56.1 cm³/mol. The number of esters is 1. The summed E-state index contributed by atoms with van der Waals surface area (Å²) in [5.74, 6) is -0.414. The van der Waals surface area contributed by atoms with Gasteiger partial charge in [0.25, 0.3) is 0 Å². The van der Waals surface area contributed by atoms with E-state index in [1.165, 1.54) is 0 Å². The second-order valence-electron chi connectivity index (χ2n) is 3.91. The number of hydrogen-bond donors (Lipinski definition) is 0. The Balaban J connectivity index is 3.94. The van der Waals surface area contributed by atoms with E-state index in [0.29, 0.717) is 6.61 Å². The molecule has 0 spiro atoms.